The lowest BCUT2D eigenvalue weighted by Gasteiger charge is -2.04. The highest BCUT2D eigenvalue weighted by atomic mass is 16.3. The van der Waals surface area contributed by atoms with Crippen molar-refractivity contribution in [1.29, 1.82) is 0 Å². The molecule has 0 saturated heterocycles. The Hall–Kier alpha value is -2.88. The van der Waals surface area contributed by atoms with Crippen molar-refractivity contribution in [1.82, 2.24) is 0 Å². The van der Waals surface area contributed by atoms with Gasteiger partial charge >= 0.3 is 0 Å². The molecule has 2 rings (SSSR count). The van der Waals surface area contributed by atoms with Crippen LogP contribution in [0.15, 0.2) is 60.7 Å². The first kappa shape index (κ1) is 25.4. The van der Waals surface area contributed by atoms with Crippen LogP contribution in [0.1, 0.15) is 75.3 Å². The molecule has 0 heterocycles. The molecule has 4 N–H and O–H groups in total. The molecule has 0 bridgehead atoms. The van der Waals surface area contributed by atoms with Gasteiger partial charge in [-0.25, -0.2) is 0 Å². The first-order valence-corrected chi connectivity index (χ1v) is 11.9. The molecular formula is C28H38O4. The Bertz CT molecular complexity index is 814. The Morgan fingerprint density at radius 2 is 0.844 bits per heavy atom. The number of aromatic hydroxyl groups is 4. The first-order chi connectivity index (χ1) is 15.5. The van der Waals surface area contributed by atoms with Crippen LogP contribution in [0, 0.1) is 0 Å². The number of rotatable bonds is 15. The zero-order valence-electron chi connectivity index (χ0n) is 19.0. The van der Waals surface area contributed by atoms with Crippen molar-refractivity contribution < 1.29 is 20.4 Å². The van der Waals surface area contributed by atoms with Crippen LogP contribution in [0.25, 0.3) is 0 Å². The highest BCUT2D eigenvalue weighted by Gasteiger charge is 2.00. The summed E-state index contributed by atoms with van der Waals surface area (Å²) in [7, 11) is 0. The van der Waals surface area contributed by atoms with Crippen LogP contribution >= 0.6 is 0 Å². The predicted molar refractivity (Wildman–Crippen MR) is 131 cm³/mol. The Balaban J connectivity index is 1.39. The number of hydrogen-bond acceptors (Lipinski definition) is 4. The van der Waals surface area contributed by atoms with Crippen molar-refractivity contribution in [3.8, 4) is 23.0 Å². The van der Waals surface area contributed by atoms with Gasteiger partial charge in [0.05, 0.1) is 0 Å². The van der Waals surface area contributed by atoms with E-state index in [9.17, 15) is 20.4 Å². The van der Waals surface area contributed by atoms with Gasteiger partial charge in [-0.05, 0) is 86.8 Å². The van der Waals surface area contributed by atoms with Crippen LogP contribution in [0.5, 0.6) is 23.0 Å². The lowest BCUT2D eigenvalue weighted by molar-refractivity contribution is 0.448. The standard InChI is InChI=1S/C28H38O4/c29-25-17-23(18-26(30)21-25)15-13-11-9-7-5-3-1-2-4-6-8-10-12-14-16-24-19-27(31)22-28(32)20-24/h1,3,7,9,17-22,29-32H,2,4-6,8,10-16H2/b3-1-,9-7-. The minimum atomic E-state index is 0.118. The summed E-state index contributed by atoms with van der Waals surface area (Å²) in [5, 5.41) is 37.9. The fourth-order valence-corrected chi connectivity index (χ4v) is 3.83. The third-order valence-electron chi connectivity index (χ3n) is 5.45. The van der Waals surface area contributed by atoms with Crippen LogP contribution in [-0.2, 0) is 12.8 Å². The fraction of sp³-hybridized carbons (Fsp3) is 0.429. The van der Waals surface area contributed by atoms with Gasteiger partial charge < -0.3 is 20.4 Å². The summed E-state index contributed by atoms with van der Waals surface area (Å²) in [6, 6.07) is 9.58. The minimum Gasteiger partial charge on any atom is -0.508 e. The van der Waals surface area contributed by atoms with E-state index in [1.165, 1.54) is 44.2 Å². The Morgan fingerprint density at radius 3 is 1.38 bits per heavy atom. The van der Waals surface area contributed by atoms with Gasteiger partial charge in [0, 0.05) is 12.1 Å². The quantitative estimate of drug-likeness (QED) is 0.174. The molecule has 2 aromatic carbocycles. The summed E-state index contributed by atoms with van der Waals surface area (Å²) in [5.74, 6) is 0.505. The maximum Gasteiger partial charge on any atom is 0.119 e. The molecular weight excluding hydrogens is 400 g/mol. The number of benzene rings is 2. The number of hydrogen-bond donors (Lipinski definition) is 4. The monoisotopic (exact) mass is 438 g/mol. The van der Waals surface area contributed by atoms with Gasteiger partial charge in [0.2, 0.25) is 0 Å². The van der Waals surface area contributed by atoms with E-state index in [2.05, 4.69) is 24.3 Å². The summed E-state index contributed by atoms with van der Waals surface area (Å²) >= 11 is 0. The molecule has 0 atom stereocenters. The summed E-state index contributed by atoms with van der Waals surface area (Å²) in [6.07, 6.45) is 22.0. The van der Waals surface area contributed by atoms with E-state index >= 15 is 0 Å². The SMILES string of the molecule is Oc1cc(O)cc(CCC/C=C\C/C=C\CCCCCCCCc2cc(O)cc(O)c2)c1. The zero-order chi connectivity index (χ0) is 23.0. The van der Waals surface area contributed by atoms with Crippen LogP contribution in [-0.4, -0.2) is 20.4 Å². The van der Waals surface area contributed by atoms with Crippen LogP contribution in [0.3, 0.4) is 0 Å². The summed E-state index contributed by atoms with van der Waals surface area (Å²) in [5.41, 5.74) is 1.96. The van der Waals surface area contributed by atoms with Gasteiger partial charge in [0.25, 0.3) is 0 Å². The maximum absolute atomic E-state index is 9.49. The van der Waals surface area contributed by atoms with Crippen molar-refractivity contribution in [2.75, 3.05) is 0 Å². The van der Waals surface area contributed by atoms with Crippen molar-refractivity contribution in [3.63, 3.8) is 0 Å². The number of phenolic OH excluding ortho intramolecular Hbond substituents is 4. The Kier molecular flexibility index (Phi) is 11.9. The first-order valence-electron chi connectivity index (χ1n) is 11.9. The van der Waals surface area contributed by atoms with Gasteiger partial charge in [-0.3, -0.25) is 0 Å². The van der Waals surface area contributed by atoms with Crippen LogP contribution in [0.4, 0.5) is 0 Å². The lowest BCUT2D eigenvalue weighted by atomic mass is 10.0. The molecule has 0 amide bonds. The van der Waals surface area contributed by atoms with Crippen LogP contribution in [0.2, 0.25) is 0 Å². The summed E-state index contributed by atoms with van der Waals surface area (Å²) < 4.78 is 0. The van der Waals surface area contributed by atoms with E-state index < -0.39 is 0 Å². The highest BCUT2D eigenvalue weighted by molar-refractivity contribution is 5.37. The lowest BCUT2D eigenvalue weighted by Crippen LogP contribution is -1.86. The average molecular weight is 439 g/mol. The molecule has 0 aliphatic carbocycles. The van der Waals surface area contributed by atoms with E-state index in [0.29, 0.717) is 0 Å². The normalized spacial score (nSPS) is 11.6. The Labute approximate surface area is 192 Å². The molecule has 174 valence electrons. The summed E-state index contributed by atoms with van der Waals surface area (Å²) in [6.45, 7) is 0. The number of phenols is 4. The average Bonchev–Trinajstić information content (AvgIpc) is 2.72. The zero-order valence-corrected chi connectivity index (χ0v) is 19.0. The van der Waals surface area contributed by atoms with Gasteiger partial charge in [-0.15, -0.1) is 0 Å². The van der Waals surface area contributed by atoms with Gasteiger partial charge in [0.15, 0.2) is 0 Å². The molecule has 0 aliphatic heterocycles. The molecule has 0 spiro atoms. The maximum atomic E-state index is 9.49. The van der Waals surface area contributed by atoms with E-state index in [1.54, 1.807) is 24.3 Å². The number of allylic oxidation sites excluding steroid dienone is 4. The topological polar surface area (TPSA) is 80.9 Å². The second kappa shape index (κ2) is 15.0. The van der Waals surface area contributed by atoms with E-state index in [-0.39, 0.29) is 23.0 Å². The molecule has 0 radical (unpaired) electrons. The van der Waals surface area contributed by atoms with Crippen molar-refractivity contribution in [2.24, 2.45) is 0 Å². The predicted octanol–water partition coefficient (Wildman–Crippen LogP) is 7.31. The van der Waals surface area contributed by atoms with Crippen molar-refractivity contribution >= 4 is 0 Å². The molecule has 32 heavy (non-hydrogen) atoms. The number of aryl methyl sites for hydroxylation is 2. The van der Waals surface area contributed by atoms with Crippen molar-refractivity contribution in [3.05, 3.63) is 71.8 Å². The van der Waals surface area contributed by atoms with E-state index in [1.807, 2.05) is 0 Å². The van der Waals surface area contributed by atoms with Gasteiger partial charge in [-0.1, -0.05) is 50.0 Å². The van der Waals surface area contributed by atoms with Crippen LogP contribution < -0.4 is 0 Å². The molecule has 0 unspecified atom stereocenters. The van der Waals surface area contributed by atoms with Gasteiger partial charge in [0.1, 0.15) is 23.0 Å². The smallest absolute Gasteiger partial charge is 0.119 e. The Morgan fingerprint density at radius 1 is 0.438 bits per heavy atom. The highest BCUT2D eigenvalue weighted by Crippen LogP contribution is 2.23. The molecule has 4 heteroatoms. The molecule has 0 aliphatic rings. The second-order valence-corrected chi connectivity index (χ2v) is 8.45. The number of unbranched alkanes of at least 4 members (excludes halogenated alkanes) is 7. The third-order valence-corrected chi connectivity index (χ3v) is 5.45. The molecule has 0 aromatic heterocycles. The van der Waals surface area contributed by atoms with Gasteiger partial charge in [-0.2, -0.15) is 0 Å². The molecule has 0 fully saturated rings. The fourth-order valence-electron chi connectivity index (χ4n) is 3.83. The largest absolute Gasteiger partial charge is 0.508 e. The third kappa shape index (κ3) is 11.5. The van der Waals surface area contributed by atoms with E-state index in [4.69, 9.17) is 0 Å². The minimum absolute atomic E-state index is 0.118. The molecule has 0 saturated carbocycles. The molecule has 4 nitrogen and oxygen atoms in total. The summed E-state index contributed by atoms with van der Waals surface area (Å²) in [4.78, 5) is 0. The van der Waals surface area contributed by atoms with Crippen molar-refractivity contribution in [2.45, 2.75) is 77.0 Å². The molecule has 2 aromatic rings. The van der Waals surface area contributed by atoms with E-state index in [0.717, 1.165) is 56.1 Å². The second-order valence-electron chi connectivity index (χ2n) is 8.45.